The lowest BCUT2D eigenvalue weighted by molar-refractivity contribution is 0.0971. The van der Waals surface area contributed by atoms with E-state index >= 15 is 0 Å². The summed E-state index contributed by atoms with van der Waals surface area (Å²) in [5.74, 6) is -0.344. The molecule has 0 spiro atoms. The Morgan fingerprint density at radius 1 is 1.21 bits per heavy atom. The first-order valence-electron chi connectivity index (χ1n) is 8.71. The molecule has 3 heterocycles. The van der Waals surface area contributed by atoms with Crippen molar-refractivity contribution in [3.05, 3.63) is 90.1 Å². The first-order valence-corrected chi connectivity index (χ1v) is 10.8. The Labute approximate surface area is 182 Å². The van der Waals surface area contributed by atoms with Crippen LogP contribution in [-0.4, -0.2) is 10.9 Å². The highest BCUT2D eigenvalue weighted by atomic mass is 79.9. The fourth-order valence-corrected chi connectivity index (χ4v) is 4.97. The van der Waals surface area contributed by atoms with Crippen molar-refractivity contribution in [3.63, 3.8) is 0 Å². The van der Waals surface area contributed by atoms with Gasteiger partial charge >= 0.3 is 0 Å². The monoisotopic (exact) mass is 486 g/mol. The summed E-state index contributed by atoms with van der Waals surface area (Å²) in [5.41, 5.74) is 1.95. The van der Waals surface area contributed by atoms with Gasteiger partial charge in [0.05, 0.1) is 22.7 Å². The van der Waals surface area contributed by atoms with Gasteiger partial charge in [-0.2, -0.15) is 0 Å². The Hall–Kier alpha value is -2.48. The Morgan fingerprint density at radius 2 is 2.03 bits per heavy atom. The number of halogens is 2. The lowest BCUT2D eigenvalue weighted by Gasteiger charge is -2.22. The minimum absolute atomic E-state index is 0.0441. The molecule has 0 unspecified atom stereocenters. The van der Waals surface area contributed by atoms with Crippen molar-refractivity contribution >= 4 is 60.9 Å². The molecule has 2 aromatic heterocycles. The van der Waals surface area contributed by atoms with E-state index in [2.05, 4.69) is 20.9 Å². The molecule has 0 saturated heterocycles. The van der Waals surface area contributed by atoms with Gasteiger partial charge in [0.2, 0.25) is 5.76 Å². The average molecular weight is 488 g/mol. The van der Waals surface area contributed by atoms with Crippen LogP contribution in [-0.2, 0) is 0 Å². The van der Waals surface area contributed by atoms with Crippen LogP contribution >= 0.6 is 38.9 Å². The molecule has 29 heavy (non-hydrogen) atoms. The van der Waals surface area contributed by atoms with E-state index in [1.165, 1.54) is 16.2 Å². The summed E-state index contributed by atoms with van der Waals surface area (Å²) in [6.07, 6.45) is 0. The predicted octanol–water partition coefficient (Wildman–Crippen LogP) is 5.72. The van der Waals surface area contributed by atoms with Crippen molar-refractivity contribution in [3.8, 4) is 0 Å². The molecule has 1 aliphatic rings. The highest BCUT2D eigenvalue weighted by molar-refractivity contribution is 9.10. The number of hydrogen-bond donors (Lipinski definition) is 0. The quantitative estimate of drug-likeness (QED) is 0.362. The maximum atomic E-state index is 13.5. The first-order chi connectivity index (χ1) is 13.9. The number of aryl methyl sites for hydroxylation is 1. The molecule has 8 heteroatoms. The summed E-state index contributed by atoms with van der Waals surface area (Å²) in [6.45, 7) is 1.86. The van der Waals surface area contributed by atoms with Crippen LogP contribution in [0.4, 0.5) is 5.13 Å². The maximum absolute atomic E-state index is 13.5. The molecule has 0 aliphatic carbocycles. The number of nitrogens with zero attached hydrogens (tertiary/aromatic N) is 2. The van der Waals surface area contributed by atoms with Crippen molar-refractivity contribution in [1.29, 1.82) is 0 Å². The minimum atomic E-state index is -0.665. The van der Waals surface area contributed by atoms with Crippen molar-refractivity contribution in [2.45, 2.75) is 13.0 Å². The molecule has 5 nitrogen and oxygen atoms in total. The van der Waals surface area contributed by atoms with Crippen molar-refractivity contribution in [2.24, 2.45) is 0 Å². The normalized spacial score (nSPS) is 15.9. The number of thiazole rings is 1. The van der Waals surface area contributed by atoms with Gasteiger partial charge in [-0.3, -0.25) is 14.5 Å². The standard InChI is InChI=1S/C21H12BrClN2O3S/c1-10-9-29-21(24-10)25-17(11-3-2-4-13(23)7-11)16-18(26)14-8-12(22)5-6-15(14)28-19(16)20(25)27/h2-9,17H,1H3/t17-/m1/s1. The lowest BCUT2D eigenvalue weighted by Crippen LogP contribution is -2.29. The number of rotatable bonds is 2. The number of carbonyl (C=O) groups is 1. The Balaban J connectivity index is 1.84. The second-order valence-electron chi connectivity index (χ2n) is 6.72. The number of aromatic nitrogens is 1. The van der Waals surface area contributed by atoms with Gasteiger partial charge in [-0.25, -0.2) is 4.98 Å². The van der Waals surface area contributed by atoms with Crippen LogP contribution in [0.3, 0.4) is 0 Å². The third-order valence-corrected chi connectivity index (χ3v) is 6.50. The molecule has 0 radical (unpaired) electrons. The van der Waals surface area contributed by atoms with Gasteiger partial charge in [0, 0.05) is 14.9 Å². The predicted molar refractivity (Wildman–Crippen MR) is 117 cm³/mol. The van der Waals surface area contributed by atoms with Crippen LogP contribution in [0.2, 0.25) is 5.02 Å². The summed E-state index contributed by atoms with van der Waals surface area (Å²) in [7, 11) is 0. The van der Waals surface area contributed by atoms with E-state index in [0.717, 1.165) is 15.7 Å². The fourth-order valence-electron chi connectivity index (χ4n) is 3.59. The van der Waals surface area contributed by atoms with Crippen LogP contribution in [0.25, 0.3) is 11.0 Å². The molecule has 1 atom stereocenters. The third kappa shape index (κ3) is 2.92. The summed E-state index contributed by atoms with van der Waals surface area (Å²) >= 11 is 11.0. The summed E-state index contributed by atoms with van der Waals surface area (Å²) in [4.78, 5) is 32.8. The zero-order chi connectivity index (χ0) is 20.3. The summed E-state index contributed by atoms with van der Waals surface area (Å²) in [6, 6.07) is 11.6. The van der Waals surface area contributed by atoms with Crippen molar-refractivity contribution < 1.29 is 9.21 Å². The second-order valence-corrected chi connectivity index (χ2v) is 8.91. The number of fused-ring (bicyclic) bond motifs is 2. The molecule has 0 fully saturated rings. The fraction of sp³-hybridized carbons (Fsp3) is 0.0952. The van der Waals surface area contributed by atoms with Gasteiger partial charge in [0.25, 0.3) is 5.91 Å². The van der Waals surface area contributed by atoms with Gasteiger partial charge in [-0.1, -0.05) is 39.7 Å². The van der Waals surface area contributed by atoms with E-state index in [9.17, 15) is 9.59 Å². The van der Waals surface area contributed by atoms with Crippen molar-refractivity contribution in [1.82, 2.24) is 4.98 Å². The highest BCUT2D eigenvalue weighted by Crippen LogP contribution is 2.42. The molecule has 144 valence electrons. The van der Waals surface area contributed by atoms with E-state index in [4.69, 9.17) is 16.0 Å². The van der Waals surface area contributed by atoms with Crippen LogP contribution < -0.4 is 10.3 Å². The number of hydrogen-bond acceptors (Lipinski definition) is 5. The third-order valence-electron chi connectivity index (χ3n) is 4.81. The average Bonchev–Trinajstić information content (AvgIpc) is 3.24. The lowest BCUT2D eigenvalue weighted by atomic mass is 9.99. The van der Waals surface area contributed by atoms with Gasteiger partial charge in [0.15, 0.2) is 10.6 Å². The largest absolute Gasteiger partial charge is 0.450 e. The maximum Gasteiger partial charge on any atom is 0.297 e. The first kappa shape index (κ1) is 18.5. The van der Waals surface area contributed by atoms with Crippen LogP contribution in [0.5, 0.6) is 0 Å². The van der Waals surface area contributed by atoms with E-state index in [1.54, 1.807) is 36.4 Å². The Kier molecular flexibility index (Phi) is 4.34. The molecule has 1 aliphatic heterocycles. The summed E-state index contributed by atoms with van der Waals surface area (Å²) < 4.78 is 6.68. The molecule has 1 amide bonds. The van der Waals surface area contributed by atoms with E-state index in [0.29, 0.717) is 26.7 Å². The minimum Gasteiger partial charge on any atom is -0.450 e. The van der Waals surface area contributed by atoms with Gasteiger partial charge in [-0.05, 0) is 42.8 Å². The number of anilines is 1. The number of carbonyl (C=O) groups excluding carboxylic acids is 1. The smallest absolute Gasteiger partial charge is 0.297 e. The van der Waals surface area contributed by atoms with E-state index in [-0.39, 0.29) is 17.1 Å². The molecule has 2 aromatic carbocycles. The molecule has 5 rings (SSSR count). The SMILES string of the molecule is Cc1csc(N2C(=O)c3oc4ccc(Br)cc4c(=O)c3[C@H]2c2cccc(Cl)c2)n1. The van der Waals surface area contributed by atoms with Crippen LogP contribution in [0, 0.1) is 6.92 Å². The number of amides is 1. The number of benzene rings is 2. The van der Waals surface area contributed by atoms with Gasteiger partial charge < -0.3 is 4.42 Å². The summed E-state index contributed by atoms with van der Waals surface area (Å²) in [5, 5.41) is 3.30. The van der Waals surface area contributed by atoms with Crippen molar-refractivity contribution in [2.75, 3.05) is 4.90 Å². The Morgan fingerprint density at radius 3 is 2.76 bits per heavy atom. The topological polar surface area (TPSA) is 63.4 Å². The van der Waals surface area contributed by atoms with E-state index in [1.807, 2.05) is 18.4 Å². The zero-order valence-electron chi connectivity index (χ0n) is 15.0. The molecular weight excluding hydrogens is 476 g/mol. The van der Waals surface area contributed by atoms with Crippen LogP contribution in [0.15, 0.2) is 61.5 Å². The van der Waals surface area contributed by atoms with Gasteiger partial charge in [-0.15, -0.1) is 11.3 Å². The van der Waals surface area contributed by atoms with Crippen LogP contribution in [0.1, 0.15) is 33.4 Å². The molecular formula is C21H12BrClN2O3S. The molecule has 0 saturated carbocycles. The van der Waals surface area contributed by atoms with E-state index < -0.39 is 6.04 Å². The van der Waals surface area contributed by atoms with Gasteiger partial charge in [0.1, 0.15) is 5.58 Å². The second kappa shape index (κ2) is 6.79. The molecule has 0 bridgehead atoms. The zero-order valence-corrected chi connectivity index (χ0v) is 18.1. The Bertz CT molecular complexity index is 1360. The molecule has 0 N–H and O–H groups in total. The highest BCUT2D eigenvalue weighted by Gasteiger charge is 2.44. The molecule has 4 aromatic rings.